The van der Waals surface area contributed by atoms with Crippen molar-refractivity contribution in [1.82, 2.24) is 9.97 Å². The molecular formula is C17H15N3O3S. The molecule has 2 heterocycles. The number of benzene rings is 1. The zero-order valence-corrected chi connectivity index (χ0v) is 13.7. The van der Waals surface area contributed by atoms with Crippen LogP contribution < -0.4 is 10.1 Å². The van der Waals surface area contributed by atoms with Crippen molar-refractivity contribution < 1.29 is 14.3 Å². The van der Waals surface area contributed by atoms with E-state index in [4.69, 9.17) is 9.47 Å². The third-order valence-corrected chi connectivity index (χ3v) is 3.97. The number of thiazole rings is 1. The van der Waals surface area contributed by atoms with Gasteiger partial charge in [0.05, 0.1) is 18.4 Å². The standard InChI is InChI=1S/C17H15N3O3S/c1-22-15-4-2-13(3-5-15)19-17-20-14(11-24-17)10-23-16(21)12-6-8-18-9-7-12/h2-9,11H,10H2,1H3,(H,19,20). The number of aromatic nitrogens is 2. The van der Waals surface area contributed by atoms with E-state index in [1.165, 1.54) is 11.3 Å². The number of pyridine rings is 1. The summed E-state index contributed by atoms with van der Waals surface area (Å²) in [5.74, 6) is 0.401. The van der Waals surface area contributed by atoms with Crippen molar-refractivity contribution in [3.05, 3.63) is 65.4 Å². The second kappa shape index (κ2) is 7.56. The number of hydrogen-bond donors (Lipinski definition) is 1. The molecule has 7 heteroatoms. The highest BCUT2D eigenvalue weighted by Crippen LogP contribution is 2.23. The van der Waals surface area contributed by atoms with Crippen molar-refractivity contribution in [2.75, 3.05) is 12.4 Å². The number of rotatable bonds is 6. The number of nitrogens with zero attached hydrogens (tertiary/aromatic N) is 2. The van der Waals surface area contributed by atoms with Gasteiger partial charge in [-0.3, -0.25) is 4.98 Å². The molecule has 0 saturated heterocycles. The number of esters is 1. The summed E-state index contributed by atoms with van der Waals surface area (Å²) < 4.78 is 10.4. The molecule has 0 aliphatic carbocycles. The van der Waals surface area contributed by atoms with Gasteiger partial charge in [-0.15, -0.1) is 11.3 Å². The highest BCUT2D eigenvalue weighted by atomic mass is 32.1. The molecule has 0 radical (unpaired) electrons. The van der Waals surface area contributed by atoms with Crippen LogP contribution in [0.1, 0.15) is 16.1 Å². The number of nitrogens with one attached hydrogen (secondary N) is 1. The van der Waals surface area contributed by atoms with Crippen LogP contribution in [-0.2, 0) is 11.3 Å². The van der Waals surface area contributed by atoms with Gasteiger partial charge in [-0.1, -0.05) is 0 Å². The van der Waals surface area contributed by atoms with Crippen LogP contribution in [0.15, 0.2) is 54.2 Å². The van der Waals surface area contributed by atoms with Crippen LogP contribution >= 0.6 is 11.3 Å². The van der Waals surface area contributed by atoms with Gasteiger partial charge < -0.3 is 14.8 Å². The largest absolute Gasteiger partial charge is 0.497 e. The molecule has 122 valence electrons. The van der Waals surface area contributed by atoms with Crippen LogP contribution in [0.3, 0.4) is 0 Å². The van der Waals surface area contributed by atoms with Gasteiger partial charge in [0.1, 0.15) is 12.4 Å². The Kier molecular flexibility index (Phi) is 5.02. The molecule has 0 amide bonds. The molecule has 1 aromatic carbocycles. The Morgan fingerprint density at radius 1 is 1.17 bits per heavy atom. The molecule has 2 aromatic heterocycles. The summed E-state index contributed by atoms with van der Waals surface area (Å²) >= 11 is 1.45. The number of anilines is 2. The van der Waals surface area contributed by atoms with Crippen LogP contribution in [0.2, 0.25) is 0 Å². The quantitative estimate of drug-likeness (QED) is 0.690. The second-order valence-electron chi connectivity index (χ2n) is 4.81. The molecule has 0 aliphatic heterocycles. The zero-order chi connectivity index (χ0) is 16.8. The smallest absolute Gasteiger partial charge is 0.338 e. The number of hydrogen-bond acceptors (Lipinski definition) is 7. The molecular weight excluding hydrogens is 326 g/mol. The molecule has 1 N–H and O–H groups in total. The van der Waals surface area contributed by atoms with Gasteiger partial charge in [0.25, 0.3) is 0 Å². The van der Waals surface area contributed by atoms with Crippen molar-refractivity contribution in [3.63, 3.8) is 0 Å². The first-order valence-electron chi connectivity index (χ1n) is 7.17. The first kappa shape index (κ1) is 15.9. The Labute approximate surface area is 143 Å². The summed E-state index contributed by atoms with van der Waals surface area (Å²) in [4.78, 5) is 20.1. The Morgan fingerprint density at radius 2 is 1.92 bits per heavy atom. The van der Waals surface area contributed by atoms with Crippen molar-refractivity contribution in [3.8, 4) is 5.75 Å². The van der Waals surface area contributed by atoms with Crippen molar-refractivity contribution in [2.24, 2.45) is 0 Å². The van der Waals surface area contributed by atoms with Crippen LogP contribution in [0.25, 0.3) is 0 Å². The molecule has 3 aromatic rings. The van der Waals surface area contributed by atoms with Gasteiger partial charge in [0.2, 0.25) is 0 Å². The fourth-order valence-electron chi connectivity index (χ4n) is 1.94. The van der Waals surface area contributed by atoms with Gasteiger partial charge >= 0.3 is 5.97 Å². The number of methoxy groups -OCH3 is 1. The van der Waals surface area contributed by atoms with Crippen molar-refractivity contribution >= 4 is 28.1 Å². The van der Waals surface area contributed by atoms with Crippen LogP contribution in [-0.4, -0.2) is 23.0 Å². The fourth-order valence-corrected chi connectivity index (χ4v) is 2.65. The molecule has 0 unspecified atom stereocenters. The summed E-state index contributed by atoms with van der Waals surface area (Å²) in [6.45, 7) is 0.127. The van der Waals surface area contributed by atoms with Crippen LogP contribution in [0.4, 0.5) is 10.8 Å². The maximum absolute atomic E-state index is 11.9. The lowest BCUT2D eigenvalue weighted by molar-refractivity contribution is 0.0468. The van der Waals surface area contributed by atoms with E-state index in [-0.39, 0.29) is 6.61 Å². The maximum Gasteiger partial charge on any atom is 0.338 e. The summed E-state index contributed by atoms with van der Waals surface area (Å²) in [7, 11) is 1.63. The monoisotopic (exact) mass is 341 g/mol. The molecule has 0 fully saturated rings. The minimum absolute atomic E-state index is 0.127. The lowest BCUT2D eigenvalue weighted by atomic mass is 10.3. The minimum atomic E-state index is -0.393. The number of carbonyl (C=O) groups excluding carboxylic acids is 1. The molecule has 0 bridgehead atoms. The molecule has 0 saturated carbocycles. The third-order valence-electron chi connectivity index (χ3n) is 3.16. The first-order valence-corrected chi connectivity index (χ1v) is 8.05. The molecule has 6 nitrogen and oxygen atoms in total. The van der Waals surface area contributed by atoms with Gasteiger partial charge in [-0.05, 0) is 36.4 Å². The van der Waals surface area contributed by atoms with Crippen LogP contribution in [0.5, 0.6) is 5.75 Å². The van der Waals surface area contributed by atoms with Crippen LogP contribution in [0, 0.1) is 0 Å². The summed E-state index contributed by atoms with van der Waals surface area (Å²) in [5.41, 5.74) is 2.07. The molecule has 3 rings (SSSR count). The fraction of sp³-hybridized carbons (Fsp3) is 0.118. The van der Waals surface area contributed by atoms with Gasteiger partial charge in [-0.25, -0.2) is 9.78 Å². The lowest BCUT2D eigenvalue weighted by Gasteiger charge is -2.04. The van der Waals surface area contributed by atoms with E-state index in [0.29, 0.717) is 11.3 Å². The Bertz CT molecular complexity index is 803. The average molecular weight is 341 g/mol. The van der Waals surface area contributed by atoms with E-state index >= 15 is 0 Å². The number of carbonyl (C=O) groups is 1. The summed E-state index contributed by atoms with van der Waals surface area (Å²) in [5, 5.41) is 5.78. The minimum Gasteiger partial charge on any atom is -0.497 e. The molecule has 0 aliphatic rings. The van der Waals surface area contributed by atoms with Gasteiger partial charge in [0, 0.05) is 23.5 Å². The Balaban J connectivity index is 1.56. The van der Waals surface area contributed by atoms with Gasteiger partial charge in [-0.2, -0.15) is 0 Å². The number of ether oxygens (including phenoxy) is 2. The van der Waals surface area contributed by atoms with E-state index in [0.717, 1.165) is 16.6 Å². The molecule has 0 spiro atoms. The molecule has 24 heavy (non-hydrogen) atoms. The van der Waals surface area contributed by atoms with E-state index in [9.17, 15) is 4.79 Å². The predicted molar refractivity (Wildman–Crippen MR) is 91.7 cm³/mol. The average Bonchev–Trinajstić information content (AvgIpc) is 3.08. The third kappa shape index (κ3) is 4.08. The second-order valence-corrected chi connectivity index (χ2v) is 5.67. The van der Waals surface area contributed by atoms with Crippen molar-refractivity contribution in [2.45, 2.75) is 6.61 Å². The normalized spacial score (nSPS) is 10.2. The highest BCUT2D eigenvalue weighted by molar-refractivity contribution is 7.13. The highest BCUT2D eigenvalue weighted by Gasteiger charge is 2.09. The predicted octanol–water partition coefficient (Wildman–Crippen LogP) is 3.65. The SMILES string of the molecule is COc1ccc(Nc2nc(COC(=O)c3ccncc3)cs2)cc1. The Hall–Kier alpha value is -2.93. The topological polar surface area (TPSA) is 73.3 Å². The van der Waals surface area contributed by atoms with E-state index in [1.54, 1.807) is 31.6 Å². The van der Waals surface area contributed by atoms with Crippen molar-refractivity contribution in [1.29, 1.82) is 0 Å². The zero-order valence-electron chi connectivity index (χ0n) is 12.9. The first-order chi connectivity index (χ1) is 11.7. The molecule has 0 atom stereocenters. The summed E-state index contributed by atoms with van der Waals surface area (Å²) in [6.07, 6.45) is 3.10. The van der Waals surface area contributed by atoms with E-state index in [2.05, 4.69) is 15.3 Å². The summed E-state index contributed by atoms with van der Waals surface area (Å²) in [6, 6.07) is 10.8. The van der Waals surface area contributed by atoms with E-state index in [1.807, 2.05) is 29.6 Å². The van der Waals surface area contributed by atoms with Gasteiger partial charge in [0.15, 0.2) is 5.13 Å². The van der Waals surface area contributed by atoms with E-state index < -0.39 is 5.97 Å². The lowest BCUT2D eigenvalue weighted by Crippen LogP contribution is -2.05. The Morgan fingerprint density at radius 3 is 2.62 bits per heavy atom. The maximum atomic E-state index is 11.9.